The van der Waals surface area contributed by atoms with Crippen LogP contribution in [0, 0.1) is 13.8 Å². The number of esters is 1. The summed E-state index contributed by atoms with van der Waals surface area (Å²) in [6, 6.07) is 10.5. The number of hydrogen-bond acceptors (Lipinski definition) is 8. The Labute approximate surface area is 208 Å². The average molecular weight is 518 g/mol. The van der Waals surface area contributed by atoms with Crippen LogP contribution in [0.5, 0.6) is 0 Å². The molecule has 1 saturated heterocycles. The predicted octanol–water partition coefficient (Wildman–Crippen LogP) is 3.05. The number of hydrogen-bond donors (Lipinski definition) is 1. The summed E-state index contributed by atoms with van der Waals surface area (Å²) >= 11 is 1.37. The minimum atomic E-state index is -3.55. The average Bonchev–Trinajstić information content (AvgIpc) is 3.24. The molecule has 0 unspecified atom stereocenters. The number of fused-ring (bicyclic) bond motifs is 1. The Morgan fingerprint density at radius 1 is 1.14 bits per heavy atom. The SMILES string of the molecule is Cc1cc(C)c2nc(NC(=O)COC(=O)CCc3ccc(S(=O)(=O)N4CCOCC4)cc3)sc2c1. The lowest BCUT2D eigenvalue weighted by Crippen LogP contribution is -2.40. The summed E-state index contributed by atoms with van der Waals surface area (Å²) < 4.78 is 38.1. The minimum absolute atomic E-state index is 0.0719. The second kappa shape index (κ2) is 10.8. The van der Waals surface area contributed by atoms with Crippen LogP contribution in [-0.4, -0.2) is 62.5 Å². The Morgan fingerprint density at radius 2 is 1.86 bits per heavy atom. The third-order valence-electron chi connectivity index (χ3n) is 5.59. The van der Waals surface area contributed by atoms with E-state index in [4.69, 9.17) is 9.47 Å². The van der Waals surface area contributed by atoms with Gasteiger partial charge in [-0.05, 0) is 55.2 Å². The fraction of sp³-hybridized carbons (Fsp3) is 0.375. The Kier molecular flexibility index (Phi) is 7.80. The third kappa shape index (κ3) is 6.23. The smallest absolute Gasteiger partial charge is 0.306 e. The second-order valence-electron chi connectivity index (χ2n) is 8.32. The van der Waals surface area contributed by atoms with Crippen molar-refractivity contribution in [3.05, 3.63) is 53.1 Å². The van der Waals surface area contributed by atoms with Gasteiger partial charge in [0.05, 0.1) is 28.3 Å². The molecule has 0 spiro atoms. The van der Waals surface area contributed by atoms with E-state index >= 15 is 0 Å². The van der Waals surface area contributed by atoms with Crippen molar-refractivity contribution in [1.29, 1.82) is 0 Å². The topological polar surface area (TPSA) is 115 Å². The predicted molar refractivity (Wildman–Crippen MR) is 133 cm³/mol. The molecule has 1 aliphatic rings. The van der Waals surface area contributed by atoms with Gasteiger partial charge >= 0.3 is 5.97 Å². The number of sulfonamides is 1. The number of carbonyl (C=O) groups excluding carboxylic acids is 2. The molecule has 0 bridgehead atoms. The summed E-state index contributed by atoms with van der Waals surface area (Å²) in [5.74, 6) is -0.967. The number of anilines is 1. The molecule has 3 aromatic rings. The van der Waals surface area contributed by atoms with Gasteiger partial charge in [-0.25, -0.2) is 13.4 Å². The lowest BCUT2D eigenvalue weighted by Gasteiger charge is -2.26. The molecular weight excluding hydrogens is 490 g/mol. The van der Waals surface area contributed by atoms with E-state index in [2.05, 4.69) is 10.3 Å². The fourth-order valence-corrected chi connectivity index (χ4v) is 6.27. The van der Waals surface area contributed by atoms with Crippen LogP contribution in [0.3, 0.4) is 0 Å². The van der Waals surface area contributed by atoms with Gasteiger partial charge in [-0.1, -0.05) is 29.5 Å². The maximum absolute atomic E-state index is 12.7. The standard InChI is InChI=1S/C24H27N3O6S2/c1-16-13-17(2)23-20(14-16)34-24(26-23)25-21(28)15-33-22(29)8-5-18-3-6-19(7-4-18)35(30,31)27-9-11-32-12-10-27/h3-4,6-7,13-14H,5,8-12,15H2,1-2H3,(H,25,26,28). The number of amides is 1. The van der Waals surface area contributed by atoms with E-state index in [0.717, 1.165) is 26.9 Å². The highest BCUT2D eigenvalue weighted by Gasteiger charge is 2.26. The van der Waals surface area contributed by atoms with E-state index < -0.39 is 28.5 Å². The van der Waals surface area contributed by atoms with Gasteiger partial charge in [0.2, 0.25) is 10.0 Å². The number of aryl methyl sites for hydroxylation is 3. The van der Waals surface area contributed by atoms with E-state index in [1.165, 1.54) is 15.6 Å². The number of nitrogens with zero attached hydrogens (tertiary/aromatic N) is 2. The van der Waals surface area contributed by atoms with Crippen molar-refractivity contribution in [3.8, 4) is 0 Å². The number of nitrogens with one attached hydrogen (secondary N) is 1. The zero-order valence-electron chi connectivity index (χ0n) is 19.6. The van der Waals surface area contributed by atoms with Crippen molar-refractivity contribution in [1.82, 2.24) is 9.29 Å². The first kappa shape index (κ1) is 25.2. The third-order valence-corrected chi connectivity index (χ3v) is 8.42. The lowest BCUT2D eigenvalue weighted by atomic mass is 10.1. The quantitative estimate of drug-likeness (QED) is 0.457. The van der Waals surface area contributed by atoms with Gasteiger partial charge in [0.25, 0.3) is 5.91 Å². The van der Waals surface area contributed by atoms with Crippen LogP contribution in [0.4, 0.5) is 5.13 Å². The minimum Gasteiger partial charge on any atom is -0.456 e. The van der Waals surface area contributed by atoms with E-state index in [0.29, 0.717) is 37.9 Å². The first-order valence-corrected chi connectivity index (χ1v) is 13.5. The second-order valence-corrected chi connectivity index (χ2v) is 11.3. The highest BCUT2D eigenvalue weighted by atomic mass is 32.2. The van der Waals surface area contributed by atoms with Gasteiger partial charge in [-0.3, -0.25) is 14.9 Å². The molecule has 186 valence electrons. The zero-order valence-corrected chi connectivity index (χ0v) is 21.2. The number of rotatable bonds is 8. The van der Waals surface area contributed by atoms with Crippen LogP contribution in [0.25, 0.3) is 10.2 Å². The van der Waals surface area contributed by atoms with Gasteiger partial charge < -0.3 is 9.47 Å². The van der Waals surface area contributed by atoms with Crippen LogP contribution in [0.2, 0.25) is 0 Å². The van der Waals surface area contributed by atoms with Crippen molar-refractivity contribution in [2.75, 3.05) is 38.2 Å². The normalized spacial score (nSPS) is 14.7. The molecular formula is C24H27N3O6S2. The number of aromatic nitrogens is 1. The van der Waals surface area contributed by atoms with Gasteiger partial charge in [0, 0.05) is 19.5 Å². The lowest BCUT2D eigenvalue weighted by molar-refractivity contribution is -0.147. The van der Waals surface area contributed by atoms with Crippen LogP contribution >= 0.6 is 11.3 Å². The number of ether oxygens (including phenoxy) is 2. The molecule has 2 aromatic carbocycles. The van der Waals surface area contributed by atoms with E-state index in [9.17, 15) is 18.0 Å². The monoisotopic (exact) mass is 517 g/mol. The Morgan fingerprint density at radius 3 is 2.57 bits per heavy atom. The molecule has 9 nitrogen and oxygen atoms in total. The number of benzene rings is 2. The van der Waals surface area contributed by atoms with E-state index in [1.807, 2.05) is 26.0 Å². The van der Waals surface area contributed by atoms with Crippen LogP contribution in [-0.2, 0) is 35.5 Å². The molecule has 1 N–H and O–H groups in total. The summed E-state index contributed by atoms with van der Waals surface area (Å²) in [4.78, 5) is 28.9. The molecule has 0 radical (unpaired) electrons. The molecule has 4 rings (SSSR count). The van der Waals surface area contributed by atoms with Crippen molar-refractivity contribution >= 4 is 48.6 Å². The van der Waals surface area contributed by atoms with Gasteiger partial charge in [-0.15, -0.1) is 0 Å². The van der Waals surface area contributed by atoms with Gasteiger partial charge in [0.1, 0.15) is 0 Å². The largest absolute Gasteiger partial charge is 0.456 e. The Hall–Kier alpha value is -2.86. The summed E-state index contributed by atoms with van der Waals surface area (Å²) in [7, 11) is -3.55. The molecule has 0 saturated carbocycles. The molecule has 0 aliphatic carbocycles. The first-order chi connectivity index (χ1) is 16.7. The van der Waals surface area contributed by atoms with Crippen molar-refractivity contribution < 1.29 is 27.5 Å². The molecule has 35 heavy (non-hydrogen) atoms. The molecule has 1 amide bonds. The summed E-state index contributed by atoms with van der Waals surface area (Å²) in [5.41, 5.74) is 3.80. The van der Waals surface area contributed by atoms with Crippen LogP contribution < -0.4 is 5.32 Å². The Bertz CT molecular complexity index is 1330. The molecule has 11 heteroatoms. The number of morpholine rings is 1. The molecule has 0 atom stereocenters. The summed E-state index contributed by atoms with van der Waals surface area (Å²) in [6.07, 6.45) is 0.442. The van der Waals surface area contributed by atoms with E-state index in [1.54, 1.807) is 24.3 Å². The number of thiazole rings is 1. The maximum Gasteiger partial charge on any atom is 0.306 e. The highest BCUT2D eigenvalue weighted by Crippen LogP contribution is 2.29. The molecule has 1 fully saturated rings. The van der Waals surface area contributed by atoms with Crippen molar-refractivity contribution in [2.24, 2.45) is 0 Å². The molecule has 2 heterocycles. The van der Waals surface area contributed by atoms with Crippen LogP contribution in [0.1, 0.15) is 23.1 Å². The number of carbonyl (C=O) groups is 2. The molecule has 1 aromatic heterocycles. The fourth-order valence-electron chi connectivity index (χ4n) is 3.81. The first-order valence-electron chi connectivity index (χ1n) is 11.2. The summed E-state index contributed by atoms with van der Waals surface area (Å²) in [5, 5.41) is 3.14. The summed E-state index contributed by atoms with van der Waals surface area (Å²) in [6.45, 7) is 5.02. The highest BCUT2D eigenvalue weighted by molar-refractivity contribution is 7.89. The van der Waals surface area contributed by atoms with Gasteiger partial charge in [0.15, 0.2) is 11.7 Å². The van der Waals surface area contributed by atoms with Crippen molar-refractivity contribution in [3.63, 3.8) is 0 Å². The van der Waals surface area contributed by atoms with E-state index in [-0.39, 0.29) is 11.3 Å². The Balaban J connectivity index is 1.24. The zero-order chi connectivity index (χ0) is 25.0. The van der Waals surface area contributed by atoms with Gasteiger partial charge in [-0.2, -0.15) is 4.31 Å². The van der Waals surface area contributed by atoms with Crippen LogP contribution in [0.15, 0.2) is 41.3 Å². The molecule has 1 aliphatic heterocycles. The van der Waals surface area contributed by atoms with Crippen molar-refractivity contribution in [2.45, 2.75) is 31.6 Å². The maximum atomic E-state index is 12.7.